The first kappa shape index (κ1) is 30.7. The number of sulfonamides is 1. The van der Waals surface area contributed by atoms with Gasteiger partial charge in [0.2, 0.25) is 10.0 Å². The van der Waals surface area contributed by atoms with E-state index in [4.69, 9.17) is 9.47 Å². The molecule has 1 aliphatic carbocycles. The molecular weight excluding hydrogens is 588 g/mol. The zero-order valence-corrected chi connectivity index (χ0v) is 23.8. The quantitative estimate of drug-likeness (QED) is 0.270. The first-order valence-electron chi connectivity index (χ1n) is 13.7. The van der Waals surface area contributed by atoms with Crippen LogP contribution in [0.1, 0.15) is 67.2 Å². The lowest BCUT2D eigenvalue weighted by molar-refractivity contribution is -0.146. The number of esters is 1. The molecule has 0 unspecified atom stereocenters. The highest BCUT2D eigenvalue weighted by Crippen LogP contribution is 2.49. The van der Waals surface area contributed by atoms with Gasteiger partial charge in [-0.25, -0.2) is 8.42 Å². The first-order valence-corrected chi connectivity index (χ1v) is 15.2. The summed E-state index contributed by atoms with van der Waals surface area (Å²) >= 11 is 0. The summed E-state index contributed by atoms with van der Waals surface area (Å²) in [7, 11) is -3.55. The van der Waals surface area contributed by atoms with E-state index in [1.807, 2.05) is 25.1 Å². The van der Waals surface area contributed by atoms with Crippen LogP contribution < -0.4 is 4.74 Å². The van der Waals surface area contributed by atoms with Gasteiger partial charge in [0.25, 0.3) is 0 Å². The molecule has 42 heavy (non-hydrogen) atoms. The van der Waals surface area contributed by atoms with E-state index in [0.29, 0.717) is 24.5 Å². The number of piperidine rings is 1. The lowest BCUT2D eigenvalue weighted by Gasteiger charge is -2.44. The van der Waals surface area contributed by atoms with Crippen LogP contribution >= 0.6 is 0 Å². The highest BCUT2D eigenvalue weighted by Gasteiger charge is 2.46. The lowest BCUT2D eigenvalue weighted by atomic mass is 9.80. The maximum atomic E-state index is 13.6. The minimum Gasteiger partial charge on any atom is -0.487 e. The fraction of sp³-hybridized carbons (Fsp3) is 0.552. The molecule has 0 bridgehead atoms. The van der Waals surface area contributed by atoms with Crippen molar-refractivity contribution in [2.24, 2.45) is 11.8 Å². The van der Waals surface area contributed by atoms with Gasteiger partial charge in [-0.2, -0.15) is 30.6 Å². The average Bonchev–Trinajstić information content (AvgIpc) is 3.76. The lowest BCUT2D eigenvalue weighted by Crippen LogP contribution is -2.51. The number of aryl methyl sites for hydroxylation is 1. The molecule has 3 aliphatic rings. The van der Waals surface area contributed by atoms with Gasteiger partial charge >= 0.3 is 18.3 Å². The Hall–Kier alpha value is -2.80. The molecule has 2 aromatic carbocycles. The van der Waals surface area contributed by atoms with Gasteiger partial charge in [0.1, 0.15) is 11.4 Å². The third kappa shape index (κ3) is 5.86. The Balaban J connectivity index is 1.37. The molecule has 2 atom stereocenters. The Morgan fingerprint density at radius 1 is 1.00 bits per heavy atom. The Morgan fingerprint density at radius 2 is 1.67 bits per heavy atom. The van der Waals surface area contributed by atoms with Gasteiger partial charge in [-0.3, -0.25) is 4.79 Å². The van der Waals surface area contributed by atoms with E-state index < -0.39 is 44.0 Å². The van der Waals surface area contributed by atoms with Crippen molar-refractivity contribution in [2.75, 3.05) is 20.2 Å². The van der Waals surface area contributed by atoms with Crippen molar-refractivity contribution < 1.29 is 49.0 Å². The summed E-state index contributed by atoms with van der Waals surface area (Å²) in [6.45, 7) is 1.41. The normalized spacial score (nSPS) is 20.9. The number of nitrogens with zero attached hydrogens (tertiary/aromatic N) is 1. The molecule has 2 aliphatic heterocycles. The van der Waals surface area contributed by atoms with Crippen LogP contribution in [0.2, 0.25) is 0 Å². The summed E-state index contributed by atoms with van der Waals surface area (Å²) in [5.41, 5.74) is -2.00. The van der Waals surface area contributed by atoms with E-state index in [2.05, 4.69) is 0 Å². The van der Waals surface area contributed by atoms with Crippen molar-refractivity contribution in [3.8, 4) is 5.75 Å². The predicted octanol–water partition coefficient (Wildman–Crippen LogP) is 6.58. The molecule has 5 rings (SSSR count). The predicted molar refractivity (Wildman–Crippen MR) is 139 cm³/mol. The fourth-order valence-corrected chi connectivity index (χ4v) is 7.93. The van der Waals surface area contributed by atoms with Gasteiger partial charge < -0.3 is 9.47 Å². The van der Waals surface area contributed by atoms with Crippen molar-refractivity contribution in [2.45, 2.75) is 74.2 Å². The zero-order valence-electron chi connectivity index (χ0n) is 23.0. The molecule has 2 aromatic rings. The van der Waals surface area contributed by atoms with Crippen LogP contribution in [-0.2, 0) is 38.3 Å². The van der Waals surface area contributed by atoms with E-state index in [0.717, 1.165) is 28.3 Å². The van der Waals surface area contributed by atoms with Gasteiger partial charge in [0, 0.05) is 25.9 Å². The minimum atomic E-state index is -5.17. The number of hydrogen-bond donors (Lipinski definition) is 0. The van der Waals surface area contributed by atoms with Crippen LogP contribution in [0.4, 0.5) is 26.3 Å². The molecule has 0 aromatic heterocycles. The van der Waals surface area contributed by atoms with Crippen LogP contribution in [0.3, 0.4) is 0 Å². The summed E-state index contributed by atoms with van der Waals surface area (Å²) in [6, 6.07) is 6.32. The van der Waals surface area contributed by atoms with E-state index in [1.165, 1.54) is 7.11 Å². The number of ether oxygens (including phenoxy) is 2. The number of carbonyl (C=O) groups is 1. The zero-order chi connectivity index (χ0) is 30.7. The highest BCUT2D eigenvalue weighted by molar-refractivity contribution is 7.89. The number of hydrogen-bond acceptors (Lipinski definition) is 5. The summed E-state index contributed by atoms with van der Waals surface area (Å²) in [5, 5.41) is 0. The van der Waals surface area contributed by atoms with Gasteiger partial charge in [0.15, 0.2) is 0 Å². The molecule has 0 radical (unpaired) electrons. The fourth-order valence-electron chi connectivity index (χ4n) is 6.26. The van der Waals surface area contributed by atoms with Crippen LogP contribution in [0.15, 0.2) is 41.3 Å². The molecule has 2 heterocycles. The third-order valence-electron chi connectivity index (χ3n) is 8.76. The summed E-state index contributed by atoms with van der Waals surface area (Å²) in [5.74, 6) is 0.260. The minimum absolute atomic E-state index is 0.0495. The third-order valence-corrected chi connectivity index (χ3v) is 10.7. The van der Waals surface area contributed by atoms with E-state index in [-0.39, 0.29) is 61.9 Å². The van der Waals surface area contributed by atoms with Crippen molar-refractivity contribution >= 4 is 16.0 Å². The Labute approximate surface area is 240 Å². The molecule has 2 fully saturated rings. The number of rotatable bonds is 6. The smallest absolute Gasteiger partial charge is 0.417 e. The second-order valence-corrected chi connectivity index (χ2v) is 13.3. The SMILES string of the molecule is COC(=O)[C@@H](C)[C@H](c1ccc2c(c1)OC1(CC2)CCN(S(=O)(=O)c2cc(C(F)(F)F)ccc2C(F)(F)F)CC1)C1CC1. The summed E-state index contributed by atoms with van der Waals surface area (Å²) in [4.78, 5) is 10.9. The Morgan fingerprint density at radius 3 is 2.24 bits per heavy atom. The molecule has 230 valence electrons. The van der Waals surface area contributed by atoms with Crippen LogP contribution in [0.5, 0.6) is 5.75 Å². The van der Waals surface area contributed by atoms with Crippen molar-refractivity contribution in [3.05, 3.63) is 58.7 Å². The Kier molecular flexibility index (Phi) is 7.83. The first-order chi connectivity index (χ1) is 19.6. The maximum absolute atomic E-state index is 13.6. The van der Waals surface area contributed by atoms with Gasteiger partial charge in [0.05, 0.1) is 29.1 Å². The monoisotopic (exact) mass is 619 g/mol. The number of benzene rings is 2. The van der Waals surface area contributed by atoms with E-state index >= 15 is 0 Å². The van der Waals surface area contributed by atoms with Crippen LogP contribution in [0.25, 0.3) is 0 Å². The van der Waals surface area contributed by atoms with Gasteiger partial charge in [-0.05, 0) is 72.9 Å². The van der Waals surface area contributed by atoms with E-state index in [9.17, 15) is 39.6 Å². The second kappa shape index (κ2) is 10.7. The van der Waals surface area contributed by atoms with Crippen molar-refractivity contribution in [1.29, 1.82) is 0 Å². The molecule has 6 nitrogen and oxygen atoms in total. The van der Waals surface area contributed by atoms with Crippen molar-refractivity contribution in [1.82, 2.24) is 4.31 Å². The highest BCUT2D eigenvalue weighted by atomic mass is 32.2. The largest absolute Gasteiger partial charge is 0.487 e. The average molecular weight is 620 g/mol. The Bertz CT molecular complexity index is 1460. The number of halogens is 6. The molecule has 1 saturated heterocycles. The number of carbonyl (C=O) groups excluding carboxylic acids is 1. The molecular formula is C29H31F6NO5S. The van der Waals surface area contributed by atoms with Crippen LogP contribution in [0, 0.1) is 11.8 Å². The van der Waals surface area contributed by atoms with Crippen molar-refractivity contribution in [3.63, 3.8) is 0 Å². The van der Waals surface area contributed by atoms with Gasteiger partial charge in [-0.1, -0.05) is 19.1 Å². The number of methoxy groups -OCH3 is 1. The molecule has 0 amide bonds. The standard InChI is InChI=1S/C29H31F6NO5S/c1-17(26(37)40-2)25(19-4-5-19)20-6-3-18-9-10-27(41-23(18)15-20)11-13-36(14-12-27)42(38,39)24-16-21(28(30,31)32)7-8-22(24)29(33,34)35/h3,6-8,15-17,19,25H,4-5,9-14H2,1-2H3/t17-,25-/m0/s1. The molecule has 0 N–H and O–H groups in total. The molecule has 1 saturated carbocycles. The summed E-state index contributed by atoms with van der Waals surface area (Å²) < 4.78 is 120. The van der Waals surface area contributed by atoms with Gasteiger partial charge in [-0.15, -0.1) is 0 Å². The van der Waals surface area contributed by atoms with Crippen LogP contribution in [-0.4, -0.2) is 44.5 Å². The molecule has 1 spiro atoms. The second-order valence-electron chi connectivity index (χ2n) is 11.4. The summed E-state index contributed by atoms with van der Waals surface area (Å²) in [6.07, 6.45) is -6.69. The number of alkyl halides is 6. The topological polar surface area (TPSA) is 72.9 Å². The maximum Gasteiger partial charge on any atom is 0.417 e. The number of fused-ring (bicyclic) bond motifs is 1. The van der Waals surface area contributed by atoms with E-state index in [1.54, 1.807) is 0 Å². The molecule has 13 heteroatoms.